The molecule has 0 spiro atoms. The molecule has 51 heavy (non-hydrogen) atoms. The molecule has 274 valence electrons. The van der Waals surface area contributed by atoms with Gasteiger partial charge in [0.15, 0.2) is 11.5 Å². The van der Waals surface area contributed by atoms with Crippen molar-refractivity contribution in [1.82, 2.24) is 5.32 Å². The molecular weight excluding hydrogens is 660 g/mol. The number of benzene rings is 3. The summed E-state index contributed by atoms with van der Waals surface area (Å²) in [6.07, 6.45) is 5.71. The zero-order valence-electron chi connectivity index (χ0n) is 29.3. The molecule has 0 fully saturated rings. The maximum atomic E-state index is 13.6. The Kier molecular flexibility index (Phi) is 13.7. The number of hydrogen-bond acceptors (Lipinski definition) is 12. The lowest BCUT2D eigenvalue weighted by atomic mass is 9.84. The fraction of sp³-hybridized carbons (Fsp3) is 0.395. The lowest BCUT2D eigenvalue weighted by molar-refractivity contribution is -0.121. The van der Waals surface area contributed by atoms with Crippen LogP contribution in [0.5, 0.6) is 28.7 Å². The topological polar surface area (TPSA) is 187 Å². The molecule has 4 N–H and O–H groups in total. The van der Waals surface area contributed by atoms with E-state index in [0.29, 0.717) is 61.2 Å². The van der Waals surface area contributed by atoms with Crippen LogP contribution in [0, 0.1) is 5.21 Å². The number of phenols is 2. The lowest BCUT2D eigenvalue weighted by Gasteiger charge is -2.26. The van der Waals surface area contributed by atoms with E-state index in [-0.39, 0.29) is 64.3 Å². The van der Waals surface area contributed by atoms with Gasteiger partial charge in [-0.05, 0) is 80.0 Å². The predicted molar refractivity (Wildman–Crippen MR) is 190 cm³/mol. The van der Waals surface area contributed by atoms with Crippen molar-refractivity contribution in [2.45, 2.75) is 70.3 Å². The first-order valence-corrected chi connectivity index (χ1v) is 16.8. The minimum atomic E-state index is -0.930. The van der Waals surface area contributed by atoms with Crippen LogP contribution in [0.15, 0.2) is 48.5 Å². The van der Waals surface area contributed by atoms with Gasteiger partial charge in [-0.25, -0.2) is 4.79 Å². The highest BCUT2D eigenvalue weighted by Crippen LogP contribution is 2.44. The van der Waals surface area contributed by atoms with Crippen molar-refractivity contribution in [1.29, 1.82) is 0 Å². The third-order valence-electron chi connectivity index (χ3n) is 8.81. The fourth-order valence-electron chi connectivity index (χ4n) is 6.12. The van der Waals surface area contributed by atoms with Gasteiger partial charge < -0.3 is 44.9 Å². The van der Waals surface area contributed by atoms with Crippen molar-refractivity contribution in [2.75, 3.05) is 33.1 Å². The van der Waals surface area contributed by atoms with E-state index >= 15 is 0 Å². The number of amides is 1. The molecule has 1 amide bonds. The minimum Gasteiger partial charge on any atom is -0.733 e. The van der Waals surface area contributed by atoms with E-state index in [2.05, 4.69) is 5.32 Å². The van der Waals surface area contributed by atoms with E-state index in [1.165, 1.54) is 39.5 Å². The van der Waals surface area contributed by atoms with Gasteiger partial charge in [0.25, 0.3) is 0 Å². The zero-order valence-corrected chi connectivity index (χ0v) is 29.3. The molecule has 13 heteroatoms. The van der Waals surface area contributed by atoms with Gasteiger partial charge in [-0.15, -0.1) is 0 Å². The molecule has 1 heterocycles. The normalized spacial score (nSPS) is 16.5. The maximum Gasteiger partial charge on any atom is 0.342 e. The Morgan fingerprint density at radius 2 is 1.71 bits per heavy atom. The molecule has 0 saturated carbocycles. The second-order valence-electron chi connectivity index (χ2n) is 12.3. The highest BCUT2D eigenvalue weighted by molar-refractivity contribution is 5.98. The third kappa shape index (κ3) is 9.92. The summed E-state index contributed by atoms with van der Waals surface area (Å²) in [4.78, 5) is 39.3. The third-order valence-corrected chi connectivity index (χ3v) is 8.81. The molecule has 0 aromatic heterocycles. The molecule has 0 radical (unpaired) electrons. The number of rotatable bonds is 11. The number of carbonyl (C=O) groups excluding carboxylic acids is 3. The van der Waals surface area contributed by atoms with Crippen molar-refractivity contribution >= 4 is 29.4 Å². The molecule has 0 aliphatic carbocycles. The fourth-order valence-corrected chi connectivity index (χ4v) is 6.12. The van der Waals surface area contributed by atoms with Crippen LogP contribution in [0.1, 0.15) is 90.4 Å². The number of fused-ring (bicyclic) bond motifs is 1. The first-order chi connectivity index (χ1) is 24.5. The van der Waals surface area contributed by atoms with E-state index in [1.54, 1.807) is 43.3 Å². The molecule has 0 saturated heterocycles. The number of phenolic OH excluding ortho intramolecular Hbond substituents is 2. The van der Waals surface area contributed by atoms with Gasteiger partial charge in [0, 0.05) is 43.4 Å². The number of methoxy groups -OCH3 is 3. The highest BCUT2D eigenvalue weighted by atomic mass is 16.8. The van der Waals surface area contributed by atoms with Crippen LogP contribution in [-0.2, 0) is 20.7 Å². The van der Waals surface area contributed by atoms with Crippen LogP contribution >= 0.6 is 0 Å². The summed E-state index contributed by atoms with van der Waals surface area (Å²) in [6.45, 7) is 1.76. The molecule has 0 bridgehead atoms. The second-order valence-corrected chi connectivity index (χ2v) is 12.3. The summed E-state index contributed by atoms with van der Waals surface area (Å²) in [5.74, 6) is -1.79. The van der Waals surface area contributed by atoms with Crippen molar-refractivity contribution in [3.63, 3.8) is 0 Å². The number of cyclic esters (lactones) is 1. The molecule has 1 aliphatic heterocycles. The van der Waals surface area contributed by atoms with E-state index in [0.717, 1.165) is 0 Å². The number of hydrogen-bond donors (Lipinski definition) is 4. The summed E-state index contributed by atoms with van der Waals surface area (Å²) in [6, 6.07) is 11.0. The number of Topliss-reactive ketones (excluding diaryl/α,β-unsaturated/α-hetero) is 1. The number of allylic oxidation sites excluding steroid dienone is 1. The standard InChI is InChI=1S/C38H45N2O11/c1-23-9-8-12-27(41)11-7-5-6-10-26-19-31(42)36(37(44)35(26)38(45)51-23)29(24-13-15-28(48-2)16-14-24)21-34(43)39-18-17-25-20-32(49-3)33(50-4)22-30(25)40(46)47/h6,10,13-16,19-20,22-23,29,42,44,46H,5,7-9,11-12,17-18,21H2,1-4H3,(H,39,43)/q-1/b10-6+/t23-,29?/m0/s1. The Labute approximate surface area is 296 Å². The summed E-state index contributed by atoms with van der Waals surface area (Å²) in [5.41, 5.74) is 0.888. The molecule has 1 unspecified atom stereocenters. The van der Waals surface area contributed by atoms with Gasteiger partial charge in [-0.2, -0.15) is 0 Å². The van der Waals surface area contributed by atoms with Gasteiger partial charge in [-0.1, -0.05) is 24.3 Å². The second kappa shape index (κ2) is 18.1. The van der Waals surface area contributed by atoms with Crippen LogP contribution < -0.4 is 24.8 Å². The number of aromatic hydroxyl groups is 2. The first-order valence-electron chi connectivity index (χ1n) is 16.8. The summed E-state index contributed by atoms with van der Waals surface area (Å²) < 4.78 is 21.5. The average molecular weight is 706 g/mol. The Morgan fingerprint density at radius 3 is 2.37 bits per heavy atom. The number of ketones is 1. The Morgan fingerprint density at radius 1 is 1.02 bits per heavy atom. The number of nitrogens with zero attached hydrogens (tertiary/aromatic N) is 1. The van der Waals surface area contributed by atoms with E-state index < -0.39 is 29.6 Å². The zero-order chi connectivity index (χ0) is 37.1. The molecular formula is C38H45N2O11-. The summed E-state index contributed by atoms with van der Waals surface area (Å²) in [5, 5.41) is 47.3. The van der Waals surface area contributed by atoms with Crippen LogP contribution in [0.2, 0.25) is 0 Å². The van der Waals surface area contributed by atoms with Gasteiger partial charge in [0.2, 0.25) is 5.91 Å². The van der Waals surface area contributed by atoms with E-state index in [1.807, 2.05) is 0 Å². The smallest absolute Gasteiger partial charge is 0.342 e. The van der Waals surface area contributed by atoms with Crippen molar-refractivity contribution in [2.24, 2.45) is 0 Å². The van der Waals surface area contributed by atoms with E-state index in [4.69, 9.17) is 18.9 Å². The van der Waals surface area contributed by atoms with Crippen LogP contribution in [0.25, 0.3) is 6.08 Å². The van der Waals surface area contributed by atoms with Crippen molar-refractivity contribution in [3.8, 4) is 28.7 Å². The summed E-state index contributed by atoms with van der Waals surface area (Å²) >= 11 is 0. The molecule has 1 aliphatic rings. The van der Waals surface area contributed by atoms with Crippen molar-refractivity contribution < 1.29 is 48.8 Å². The number of esters is 1. The molecule has 13 nitrogen and oxygen atoms in total. The largest absolute Gasteiger partial charge is 0.733 e. The first kappa shape index (κ1) is 38.5. The van der Waals surface area contributed by atoms with Crippen LogP contribution in [0.4, 0.5) is 5.69 Å². The number of ether oxygens (including phenoxy) is 4. The van der Waals surface area contributed by atoms with Gasteiger partial charge >= 0.3 is 5.97 Å². The average Bonchev–Trinajstić information content (AvgIpc) is 3.10. The minimum absolute atomic E-state index is 0.0387. The summed E-state index contributed by atoms with van der Waals surface area (Å²) in [7, 11) is 4.33. The number of carbonyl (C=O) groups is 3. The molecule has 2 atom stereocenters. The van der Waals surface area contributed by atoms with Gasteiger partial charge in [0.05, 0.1) is 33.1 Å². The highest BCUT2D eigenvalue weighted by Gasteiger charge is 2.31. The van der Waals surface area contributed by atoms with Crippen LogP contribution in [-0.4, -0.2) is 67.1 Å². The van der Waals surface area contributed by atoms with Crippen molar-refractivity contribution in [3.05, 3.63) is 81.6 Å². The lowest BCUT2D eigenvalue weighted by Crippen LogP contribution is -2.28. The van der Waals surface area contributed by atoms with Gasteiger partial charge in [0.1, 0.15) is 28.6 Å². The Hall–Kier alpha value is -5.27. The number of anilines is 1. The Bertz CT molecular complexity index is 1720. The van der Waals surface area contributed by atoms with Crippen LogP contribution in [0.3, 0.4) is 0 Å². The van der Waals surface area contributed by atoms with Gasteiger partial charge in [-0.3, -0.25) is 14.8 Å². The quantitative estimate of drug-likeness (QED) is 0.131. The number of nitrogens with one attached hydrogen (secondary N) is 1. The monoisotopic (exact) mass is 705 g/mol. The van der Waals surface area contributed by atoms with E-state index in [9.17, 15) is 35.0 Å². The Balaban J connectivity index is 1.68. The SMILES string of the molecule is COc1ccc(C(CC(=O)NCCc2cc(OC)c(OC)cc2N([O-])O)c2c(O)cc3c(c2O)C(=O)O[C@@H](C)CCCC(=O)CCC/C=C/3)cc1. The maximum absolute atomic E-state index is 13.6. The molecule has 4 rings (SSSR count). The predicted octanol–water partition coefficient (Wildman–Crippen LogP) is 6.18. The molecule has 3 aromatic rings. The molecule has 3 aromatic carbocycles.